The summed E-state index contributed by atoms with van der Waals surface area (Å²) < 4.78 is 36.2. The lowest BCUT2D eigenvalue weighted by Gasteiger charge is -2.16. The highest BCUT2D eigenvalue weighted by Crippen LogP contribution is 2.21. The Balaban J connectivity index is 1.57. The molecule has 1 saturated heterocycles. The molecule has 3 aromatic rings. The number of nitrogens with zero attached hydrogens (tertiary/aromatic N) is 5. The zero-order valence-electron chi connectivity index (χ0n) is 14.2. The number of hydrogen-bond acceptors (Lipinski definition) is 8. The number of aryl methyl sites for hydroxylation is 1. The van der Waals surface area contributed by atoms with Crippen LogP contribution in [0.4, 0.5) is 5.95 Å². The SMILES string of the molecule is Cc1cc(CNS(=O)(=O)c2cccc3nsnc23)nc(N2CCCC2)n1. The van der Waals surface area contributed by atoms with Crippen molar-refractivity contribution < 1.29 is 8.42 Å². The van der Waals surface area contributed by atoms with Gasteiger partial charge in [0.1, 0.15) is 15.9 Å². The van der Waals surface area contributed by atoms with Crippen LogP contribution in [0.15, 0.2) is 29.2 Å². The first-order valence-electron chi connectivity index (χ1n) is 8.33. The Bertz CT molecular complexity index is 1040. The minimum atomic E-state index is -3.72. The molecule has 0 saturated carbocycles. The molecule has 0 atom stereocenters. The minimum absolute atomic E-state index is 0.0977. The van der Waals surface area contributed by atoms with Gasteiger partial charge in [-0.05, 0) is 38.0 Å². The van der Waals surface area contributed by atoms with Crippen molar-refractivity contribution in [2.75, 3.05) is 18.0 Å². The molecule has 4 rings (SSSR count). The summed E-state index contributed by atoms with van der Waals surface area (Å²) in [5.41, 5.74) is 2.43. The van der Waals surface area contributed by atoms with Crippen molar-refractivity contribution in [3.8, 4) is 0 Å². The van der Waals surface area contributed by atoms with Crippen molar-refractivity contribution in [2.45, 2.75) is 31.2 Å². The van der Waals surface area contributed by atoms with E-state index >= 15 is 0 Å². The number of fused-ring (bicyclic) bond motifs is 1. The van der Waals surface area contributed by atoms with Crippen molar-refractivity contribution in [1.82, 2.24) is 23.4 Å². The fourth-order valence-electron chi connectivity index (χ4n) is 3.01. The molecular weight excluding hydrogens is 372 g/mol. The monoisotopic (exact) mass is 390 g/mol. The number of nitrogens with one attached hydrogen (secondary N) is 1. The van der Waals surface area contributed by atoms with Crippen LogP contribution < -0.4 is 9.62 Å². The molecule has 136 valence electrons. The zero-order valence-corrected chi connectivity index (χ0v) is 15.8. The molecule has 1 aliphatic heterocycles. The van der Waals surface area contributed by atoms with E-state index in [1.165, 1.54) is 6.07 Å². The highest BCUT2D eigenvalue weighted by atomic mass is 32.2. The van der Waals surface area contributed by atoms with Gasteiger partial charge in [0.2, 0.25) is 16.0 Å². The summed E-state index contributed by atoms with van der Waals surface area (Å²) in [6.45, 7) is 3.86. The third-order valence-electron chi connectivity index (χ3n) is 4.27. The summed E-state index contributed by atoms with van der Waals surface area (Å²) in [7, 11) is -3.72. The summed E-state index contributed by atoms with van der Waals surface area (Å²) in [5, 5.41) is 0. The van der Waals surface area contributed by atoms with Gasteiger partial charge in [0.25, 0.3) is 0 Å². The van der Waals surface area contributed by atoms with Gasteiger partial charge in [-0.2, -0.15) is 8.75 Å². The molecule has 1 fully saturated rings. The van der Waals surface area contributed by atoms with Crippen LogP contribution in [0.2, 0.25) is 0 Å². The molecule has 0 aliphatic carbocycles. The second-order valence-corrected chi connectivity index (χ2v) is 8.47. The average molecular weight is 390 g/mol. The maximum Gasteiger partial charge on any atom is 0.243 e. The van der Waals surface area contributed by atoms with Gasteiger partial charge in [0.05, 0.1) is 24.0 Å². The molecule has 0 spiro atoms. The van der Waals surface area contributed by atoms with E-state index in [4.69, 9.17) is 0 Å². The van der Waals surface area contributed by atoms with Gasteiger partial charge in [0, 0.05) is 18.8 Å². The average Bonchev–Trinajstić information content (AvgIpc) is 3.30. The van der Waals surface area contributed by atoms with Gasteiger partial charge < -0.3 is 4.90 Å². The quantitative estimate of drug-likeness (QED) is 0.709. The number of sulfonamides is 1. The zero-order chi connectivity index (χ0) is 18.1. The van der Waals surface area contributed by atoms with Crippen LogP contribution in [-0.2, 0) is 16.6 Å². The highest BCUT2D eigenvalue weighted by Gasteiger charge is 2.20. The Kier molecular flexibility index (Phi) is 4.55. The first-order valence-corrected chi connectivity index (χ1v) is 10.5. The van der Waals surface area contributed by atoms with Crippen LogP contribution in [0.5, 0.6) is 0 Å². The van der Waals surface area contributed by atoms with Crippen molar-refractivity contribution in [3.05, 3.63) is 35.7 Å². The minimum Gasteiger partial charge on any atom is -0.341 e. The fraction of sp³-hybridized carbons (Fsp3) is 0.375. The van der Waals surface area contributed by atoms with Crippen molar-refractivity contribution >= 4 is 38.7 Å². The number of rotatable bonds is 5. The Morgan fingerprint density at radius 2 is 2.00 bits per heavy atom. The molecule has 1 aliphatic rings. The van der Waals surface area contributed by atoms with Crippen molar-refractivity contribution in [1.29, 1.82) is 0 Å². The van der Waals surface area contributed by atoms with Crippen molar-refractivity contribution in [2.24, 2.45) is 0 Å². The van der Waals surface area contributed by atoms with E-state index in [0.717, 1.165) is 43.4 Å². The Morgan fingerprint density at radius 3 is 2.81 bits per heavy atom. The van der Waals surface area contributed by atoms with Crippen LogP contribution in [0.25, 0.3) is 11.0 Å². The second-order valence-electron chi connectivity index (χ2n) is 6.21. The third-order valence-corrected chi connectivity index (χ3v) is 6.24. The van der Waals surface area contributed by atoms with E-state index < -0.39 is 10.0 Å². The Labute approximate surface area is 155 Å². The molecule has 3 heterocycles. The van der Waals surface area contributed by atoms with Gasteiger partial charge in [-0.1, -0.05) is 6.07 Å². The molecule has 0 amide bonds. The van der Waals surface area contributed by atoms with E-state index in [9.17, 15) is 8.42 Å². The molecule has 0 radical (unpaired) electrons. The number of benzene rings is 1. The van der Waals surface area contributed by atoms with Crippen molar-refractivity contribution in [3.63, 3.8) is 0 Å². The standard InChI is InChI=1S/C16H18N6O2S2/c1-11-9-12(19-16(18-11)22-7-2-3-8-22)10-17-26(23,24)14-6-4-5-13-15(14)21-25-20-13/h4-6,9,17H,2-3,7-8,10H2,1H3. The lowest BCUT2D eigenvalue weighted by molar-refractivity contribution is 0.581. The smallest absolute Gasteiger partial charge is 0.243 e. The van der Waals surface area contributed by atoms with Gasteiger partial charge in [-0.25, -0.2) is 23.1 Å². The number of hydrogen-bond donors (Lipinski definition) is 1. The molecule has 1 N–H and O–H groups in total. The molecule has 0 bridgehead atoms. The first-order chi connectivity index (χ1) is 12.5. The first kappa shape index (κ1) is 17.3. The molecule has 10 heteroatoms. The van der Waals surface area contributed by atoms with Gasteiger partial charge in [-0.15, -0.1) is 0 Å². The topological polar surface area (TPSA) is 101 Å². The summed E-state index contributed by atoms with van der Waals surface area (Å²) in [4.78, 5) is 11.3. The van der Waals surface area contributed by atoms with E-state index in [-0.39, 0.29) is 11.4 Å². The van der Waals surface area contributed by atoms with Gasteiger partial charge in [0.15, 0.2) is 0 Å². The lowest BCUT2D eigenvalue weighted by atomic mass is 10.3. The third kappa shape index (κ3) is 3.39. The van der Waals surface area contributed by atoms with E-state index in [1.807, 2.05) is 6.92 Å². The largest absolute Gasteiger partial charge is 0.341 e. The summed E-state index contributed by atoms with van der Waals surface area (Å²) in [6.07, 6.45) is 2.26. The van der Waals surface area contributed by atoms with Crippen LogP contribution in [-0.4, -0.2) is 40.2 Å². The van der Waals surface area contributed by atoms with Crippen LogP contribution in [0.1, 0.15) is 24.2 Å². The van der Waals surface area contributed by atoms with E-state index in [0.29, 0.717) is 22.7 Å². The fourth-order valence-corrected chi connectivity index (χ4v) is 4.77. The lowest BCUT2D eigenvalue weighted by Crippen LogP contribution is -2.26. The molecule has 1 aromatic carbocycles. The Morgan fingerprint density at radius 1 is 1.19 bits per heavy atom. The summed E-state index contributed by atoms with van der Waals surface area (Å²) in [6, 6.07) is 6.74. The number of anilines is 1. The maximum absolute atomic E-state index is 12.7. The highest BCUT2D eigenvalue weighted by molar-refractivity contribution is 7.89. The summed E-state index contributed by atoms with van der Waals surface area (Å²) >= 11 is 0.997. The molecular formula is C16H18N6O2S2. The second kappa shape index (κ2) is 6.86. The van der Waals surface area contributed by atoms with Gasteiger partial charge >= 0.3 is 0 Å². The molecule has 0 unspecified atom stereocenters. The van der Waals surface area contributed by atoms with E-state index in [2.05, 4.69) is 28.3 Å². The molecule has 8 nitrogen and oxygen atoms in total. The molecule has 26 heavy (non-hydrogen) atoms. The predicted molar refractivity (Wildman–Crippen MR) is 99.7 cm³/mol. The maximum atomic E-state index is 12.7. The molecule has 2 aromatic heterocycles. The number of aromatic nitrogens is 4. The van der Waals surface area contributed by atoms with Gasteiger partial charge in [-0.3, -0.25) is 0 Å². The van der Waals surface area contributed by atoms with Crippen LogP contribution >= 0.6 is 11.7 Å². The normalized spacial score (nSPS) is 15.0. The van der Waals surface area contributed by atoms with Crippen LogP contribution in [0, 0.1) is 6.92 Å². The van der Waals surface area contributed by atoms with Crippen LogP contribution in [0.3, 0.4) is 0 Å². The van der Waals surface area contributed by atoms with E-state index in [1.54, 1.807) is 18.2 Å². The summed E-state index contributed by atoms with van der Waals surface area (Å²) in [5.74, 6) is 0.669. The predicted octanol–water partition coefficient (Wildman–Crippen LogP) is 1.87. The Hall–Kier alpha value is -2.17.